The third kappa shape index (κ3) is 1.93. The number of carbonyl (C=O) groups excluding carboxylic acids is 1. The summed E-state index contributed by atoms with van der Waals surface area (Å²) < 4.78 is 0. The van der Waals surface area contributed by atoms with E-state index in [9.17, 15) is 14.7 Å². The van der Waals surface area contributed by atoms with E-state index >= 15 is 0 Å². The van der Waals surface area contributed by atoms with E-state index in [4.69, 9.17) is 0 Å². The molecule has 2 heterocycles. The molecule has 1 amide bonds. The summed E-state index contributed by atoms with van der Waals surface area (Å²) in [7, 11) is 0. The molecule has 0 radical (unpaired) electrons. The molecular weight excluding hydrogens is 256 g/mol. The first kappa shape index (κ1) is 12.3. The number of fused-ring (bicyclic) bond motifs is 1. The Morgan fingerprint density at radius 2 is 1.85 bits per heavy atom. The zero-order valence-corrected chi connectivity index (χ0v) is 10.6. The lowest BCUT2D eigenvalue weighted by atomic mass is 10.0. The fraction of sp³-hybridized carbons (Fsp3) is 0.133. The number of benzene rings is 1. The van der Waals surface area contributed by atoms with Crippen LogP contribution >= 0.6 is 0 Å². The highest BCUT2D eigenvalue weighted by Crippen LogP contribution is 2.36. The average molecular weight is 268 g/mol. The minimum atomic E-state index is -0.914. The molecule has 1 atom stereocenters. The summed E-state index contributed by atoms with van der Waals surface area (Å²) in [6.45, 7) is 0.163. The molecule has 1 unspecified atom stereocenters. The van der Waals surface area contributed by atoms with E-state index in [1.807, 2.05) is 0 Å². The third-order valence-electron chi connectivity index (χ3n) is 3.44. The largest absolute Gasteiger partial charge is 0.481 e. The number of hydrogen-bond acceptors (Lipinski definition) is 3. The summed E-state index contributed by atoms with van der Waals surface area (Å²) in [6, 6.07) is 10.4. The second-order valence-corrected chi connectivity index (χ2v) is 4.60. The van der Waals surface area contributed by atoms with Crippen LogP contribution in [0.25, 0.3) is 0 Å². The number of aliphatic carboxylic acids is 1. The van der Waals surface area contributed by atoms with Crippen molar-refractivity contribution in [2.75, 3.05) is 11.4 Å². The highest BCUT2D eigenvalue weighted by Gasteiger charge is 2.36. The Morgan fingerprint density at radius 3 is 2.55 bits per heavy atom. The lowest BCUT2D eigenvalue weighted by molar-refractivity contribution is -0.138. The number of nitrogens with zero attached hydrogens (tertiary/aromatic N) is 2. The molecule has 0 saturated carbocycles. The molecule has 1 aliphatic heterocycles. The maximum absolute atomic E-state index is 12.5. The topological polar surface area (TPSA) is 70.5 Å². The Balaban J connectivity index is 2.00. The monoisotopic (exact) mass is 268 g/mol. The van der Waals surface area contributed by atoms with Crippen LogP contribution < -0.4 is 4.90 Å². The lowest BCUT2D eigenvalue weighted by Gasteiger charge is -2.17. The third-order valence-corrected chi connectivity index (χ3v) is 3.44. The summed E-state index contributed by atoms with van der Waals surface area (Å²) in [5, 5.41) is 9.28. The van der Waals surface area contributed by atoms with Crippen molar-refractivity contribution < 1.29 is 14.7 Å². The molecule has 3 rings (SSSR count). The molecule has 1 aliphatic rings. The van der Waals surface area contributed by atoms with E-state index in [0.29, 0.717) is 16.8 Å². The number of carbonyl (C=O) groups is 2. The zero-order valence-electron chi connectivity index (χ0n) is 10.6. The molecule has 5 heteroatoms. The van der Waals surface area contributed by atoms with Crippen molar-refractivity contribution in [3.63, 3.8) is 0 Å². The van der Waals surface area contributed by atoms with Gasteiger partial charge in [0.2, 0.25) is 0 Å². The van der Waals surface area contributed by atoms with Gasteiger partial charge in [-0.05, 0) is 23.8 Å². The number of para-hydroxylation sites is 1. The number of aromatic nitrogens is 1. The number of anilines is 1. The maximum atomic E-state index is 12.5. The van der Waals surface area contributed by atoms with Gasteiger partial charge in [-0.15, -0.1) is 0 Å². The van der Waals surface area contributed by atoms with Gasteiger partial charge in [-0.2, -0.15) is 0 Å². The normalized spacial score (nSPS) is 16.8. The molecule has 5 nitrogen and oxygen atoms in total. The molecule has 0 saturated heterocycles. The maximum Gasteiger partial charge on any atom is 0.312 e. The fourth-order valence-electron chi connectivity index (χ4n) is 2.46. The van der Waals surface area contributed by atoms with Gasteiger partial charge in [0.25, 0.3) is 5.91 Å². The number of rotatable bonds is 2. The standard InChI is InChI=1S/C15H12N2O3/c18-14(10-5-7-16-8-6-10)17-9-12(15(19)20)11-3-1-2-4-13(11)17/h1-8,12H,9H2,(H,19,20). The smallest absolute Gasteiger partial charge is 0.312 e. The quantitative estimate of drug-likeness (QED) is 0.903. The summed E-state index contributed by atoms with van der Waals surface area (Å²) in [5.74, 6) is -1.79. The molecule has 0 bridgehead atoms. The van der Waals surface area contributed by atoms with Crippen LogP contribution in [0.1, 0.15) is 21.8 Å². The number of carboxylic acid groups (broad SMARTS) is 1. The van der Waals surface area contributed by atoms with Crippen LogP contribution in [0.15, 0.2) is 48.8 Å². The van der Waals surface area contributed by atoms with Gasteiger partial charge in [0, 0.05) is 30.2 Å². The van der Waals surface area contributed by atoms with Crippen LogP contribution in [-0.2, 0) is 4.79 Å². The molecule has 100 valence electrons. The van der Waals surface area contributed by atoms with Crippen LogP contribution in [0.3, 0.4) is 0 Å². The molecule has 1 aromatic heterocycles. The average Bonchev–Trinajstić information content (AvgIpc) is 2.87. The Kier molecular flexibility index (Phi) is 2.95. The fourth-order valence-corrected chi connectivity index (χ4v) is 2.46. The van der Waals surface area contributed by atoms with Crippen LogP contribution in [0.4, 0.5) is 5.69 Å². The van der Waals surface area contributed by atoms with E-state index in [1.165, 1.54) is 4.90 Å². The molecule has 0 spiro atoms. The van der Waals surface area contributed by atoms with Gasteiger partial charge in [-0.25, -0.2) is 0 Å². The van der Waals surface area contributed by atoms with Crippen molar-refractivity contribution >= 4 is 17.6 Å². The van der Waals surface area contributed by atoms with Gasteiger partial charge in [-0.1, -0.05) is 18.2 Å². The van der Waals surface area contributed by atoms with E-state index < -0.39 is 11.9 Å². The predicted octanol–water partition coefficient (Wildman–Crippen LogP) is 1.91. The van der Waals surface area contributed by atoms with Gasteiger partial charge in [0.15, 0.2) is 0 Å². The minimum Gasteiger partial charge on any atom is -0.481 e. The lowest BCUT2D eigenvalue weighted by Crippen LogP contribution is -2.31. The van der Waals surface area contributed by atoms with Crippen LogP contribution in [-0.4, -0.2) is 28.5 Å². The minimum absolute atomic E-state index is 0.163. The van der Waals surface area contributed by atoms with Crippen molar-refractivity contribution in [1.29, 1.82) is 0 Å². The number of pyridine rings is 1. The molecular formula is C15H12N2O3. The van der Waals surface area contributed by atoms with Gasteiger partial charge >= 0.3 is 5.97 Å². The second kappa shape index (κ2) is 4.77. The van der Waals surface area contributed by atoms with Crippen molar-refractivity contribution in [3.05, 3.63) is 59.9 Å². The summed E-state index contributed by atoms with van der Waals surface area (Å²) in [5.41, 5.74) is 1.85. The van der Waals surface area contributed by atoms with Crippen molar-refractivity contribution in [2.45, 2.75) is 5.92 Å². The molecule has 0 fully saturated rings. The number of amides is 1. The first-order valence-corrected chi connectivity index (χ1v) is 6.22. The molecule has 20 heavy (non-hydrogen) atoms. The zero-order chi connectivity index (χ0) is 14.1. The number of carboxylic acids is 1. The first-order valence-electron chi connectivity index (χ1n) is 6.22. The molecule has 0 aliphatic carbocycles. The van der Waals surface area contributed by atoms with Gasteiger partial charge in [0.1, 0.15) is 5.92 Å². The van der Waals surface area contributed by atoms with Gasteiger partial charge in [-0.3, -0.25) is 14.6 Å². The molecule has 1 N–H and O–H groups in total. The second-order valence-electron chi connectivity index (χ2n) is 4.60. The molecule has 1 aromatic carbocycles. The molecule has 2 aromatic rings. The Labute approximate surface area is 115 Å². The van der Waals surface area contributed by atoms with Gasteiger partial charge in [0.05, 0.1) is 0 Å². The van der Waals surface area contributed by atoms with E-state index in [-0.39, 0.29) is 12.5 Å². The summed E-state index contributed by atoms with van der Waals surface area (Å²) >= 11 is 0. The van der Waals surface area contributed by atoms with E-state index in [2.05, 4.69) is 4.98 Å². The van der Waals surface area contributed by atoms with E-state index in [1.54, 1.807) is 48.8 Å². The van der Waals surface area contributed by atoms with Crippen molar-refractivity contribution in [3.8, 4) is 0 Å². The first-order chi connectivity index (χ1) is 9.68. The SMILES string of the molecule is O=C(O)C1CN(C(=O)c2ccncc2)c2ccccc21. The Hall–Kier alpha value is -2.69. The summed E-state index contributed by atoms with van der Waals surface area (Å²) in [4.78, 5) is 29.2. The van der Waals surface area contributed by atoms with Gasteiger partial charge < -0.3 is 10.0 Å². The van der Waals surface area contributed by atoms with Crippen LogP contribution in [0, 0.1) is 0 Å². The van der Waals surface area contributed by atoms with Crippen molar-refractivity contribution in [2.24, 2.45) is 0 Å². The van der Waals surface area contributed by atoms with Crippen molar-refractivity contribution in [1.82, 2.24) is 4.98 Å². The highest BCUT2D eigenvalue weighted by molar-refractivity contribution is 6.08. The summed E-state index contributed by atoms with van der Waals surface area (Å²) in [6.07, 6.45) is 3.09. The Morgan fingerprint density at radius 1 is 1.15 bits per heavy atom. The highest BCUT2D eigenvalue weighted by atomic mass is 16.4. The predicted molar refractivity (Wildman–Crippen MR) is 72.7 cm³/mol. The van der Waals surface area contributed by atoms with E-state index in [0.717, 1.165) is 0 Å². The van der Waals surface area contributed by atoms with Crippen LogP contribution in [0.5, 0.6) is 0 Å². The van der Waals surface area contributed by atoms with Crippen LogP contribution in [0.2, 0.25) is 0 Å². The number of hydrogen-bond donors (Lipinski definition) is 1. The Bertz CT molecular complexity index is 670.